The van der Waals surface area contributed by atoms with Crippen molar-refractivity contribution in [1.29, 1.82) is 0 Å². The molecule has 1 aliphatic carbocycles. The highest BCUT2D eigenvalue weighted by atomic mass is 35.5. The molecule has 1 aliphatic heterocycles. The van der Waals surface area contributed by atoms with Gasteiger partial charge in [-0.3, -0.25) is 9.48 Å². The predicted molar refractivity (Wildman–Crippen MR) is 187 cm³/mol. The number of hydrogen-bond acceptors (Lipinski definition) is 6. The summed E-state index contributed by atoms with van der Waals surface area (Å²) in [5.41, 5.74) is 3.80. The fourth-order valence-electron chi connectivity index (χ4n) is 7.74. The van der Waals surface area contributed by atoms with Crippen molar-refractivity contribution in [2.75, 3.05) is 19.6 Å². The van der Waals surface area contributed by atoms with Gasteiger partial charge in [0.2, 0.25) is 0 Å². The van der Waals surface area contributed by atoms with Gasteiger partial charge in [-0.15, -0.1) is 0 Å². The minimum atomic E-state index is -0.0448. The average molecular weight is 642 g/mol. The number of likely N-dealkylation sites (tertiary alicyclic amines) is 1. The van der Waals surface area contributed by atoms with Gasteiger partial charge in [0.25, 0.3) is 0 Å². The molecule has 7 nitrogen and oxygen atoms in total. The average Bonchev–Trinajstić information content (AvgIpc) is 3.58. The Morgan fingerprint density at radius 1 is 1.09 bits per heavy atom. The number of nitrogens with one attached hydrogen (secondary N) is 1. The van der Waals surface area contributed by atoms with E-state index in [0.29, 0.717) is 33.8 Å². The maximum atomic E-state index is 13.1. The normalized spacial score (nSPS) is 18.2. The van der Waals surface area contributed by atoms with E-state index in [2.05, 4.69) is 57.5 Å². The topological polar surface area (TPSA) is 76.2 Å². The molecule has 1 saturated carbocycles. The zero-order valence-electron chi connectivity index (χ0n) is 27.4. The van der Waals surface area contributed by atoms with E-state index in [1.807, 2.05) is 36.7 Å². The highest BCUT2D eigenvalue weighted by molar-refractivity contribution is 6.30. The van der Waals surface area contributed by atoms with Crippen LogP contribution in [0.4, 0.5) is 0 Å². The number of fused-ring (bicyclic) bond motifs is 1. The van der Waals surface area contributed by atoms with E-state index in [0.717, 1.165) is 55.5 Å². The molecule has 0 spiro atoms. The van der Waals surface area contributed by atoms with Crippen LogP contribution in [0.1, 0.15) is 88.0 Å². The van der Waals surface area contributed by atoms with Crippen LogP contribution in [0.3, 0.4) is 0 Å². The Morgan fingerprint density at radius 3 is 2.54 bits per heavy atom. The zero-order valence-corrected chi connectivity index (χ0v) is 28.1. The maximum Gasteiger partial charge on any atom is 0.193 e. The van der Waals surface area contributed by atoms with Crippen LogP contribution < -0.4 is 10.7 Å². The highest BCUT2D eigenvalue weighted by Gasteiger charge is 2.42. The summed E-state index contributed by atoms with van der Waals surface area (Å²) in [5.74, 6) is 1.59. The minimum Gasteiger partial charge on any atom is -0.454 e. The minimum absolute atomic E-state index is 0.0448. The van der Waals surface area contributed by atoms with E-state index in [4.69, 9.17) is 16.0 Å². The Balaban J connectivity index is 1.14. The Kier molecular flexibility index (Phi) is 10.3. The molecule has 0 unspecified atom stereocenters. The molecule has 4 aromatic rings. The van der Waals surface area contributed by atoms with Crippen LogP contribution in [-0.2, 0) is 13.0 Å². The predicted octanol–water partition coefficient (Wildman–Crippen LogP) is 8.09. The summed E-state index contributed by atoms with van der Waals surface area (Å²) in [6.45, 7) is 12.7. The molecule has 46 heavy (non-hydrogen) atoms. The van der Waals surface area contributed by atoms with Crippen LogP contribution in [0, 0.1) is 11.3 Å². The number of hydrogen-bond donors (Lipinski definition) is 1. The van der Waals surface area contributed by atoms with Gasteiger partial charge in [-0.2, -0.15) is 5.10 Å². The van der Waals surface area contributed by atoms with Gasteiger partial charge >= 0.3 is 0 Å². The molecule has 6 rings (SSSR count). The molecule has 1 N–H and O–H groups in total. The first-order chi connectivity index (χ1) is 22.3. The van der Waals surface area contributed by atoms with Crippen molar-refractivity contribution < 1.29 is 4.42 Å². The lowest BCUT2D eigenvalue weighted by Gasteiger charge is -2.48. The molecule has 0 amide bonds. The Bertz CT molecular complexity index is 1650. The first-order valence-corrected chi connectivity index (χ1v) is 17.5. The Morgan fingerprint density at radius 2 is 1.85 bits per heavy atom. The summed E-state index contributed by atoms with van der Waals surface area (Å²) in [6, 6.07) is 15.6. The molecular formula is C38H48ClN5O2. The Labute approximate surface area is 278 Å². The third-order valence-corrected chi connectivity index (χ3v) is 10.8. The van der Waals surface area contributed by atoms with E-state index in [9.17, 15) is 4.79 Å². The van der Waals surface area contributed by atoms with Crippen LogP contribution in [0.5, 0.6) is 0 Å². The third kappa shape index (κ3) is 7.75. The number of halogens is 1. The highest BCUT2D eigenvalue weighted by Crippen LogP contribution is 2.47. The molecule has 8 heteroatoms. The smallest absolute Gasteiger partial charge is 0.193 e. The second kappa shape index (κ2) is 14.6. The first kappa shape index (κ1) is 32.5. The van der Waals surface area contributed by atoms with Crippen LogP contribution in [-0.4, -0.2) is 45.3 Å². The number of piperidine rings is 1. The van der Waals surface area contributed by atoms with Gasteiger partial charge in [0.1, 0.15) is 18.2 Å². The number of rotatable bonds is 12. The van der Waals surface area contributed by atoms with E-state index in [-0.39, 0.29) is 11.5 Å². The van der Waals surface area contributed by atoms with Crippen molar-refractivity contribution in [2.45, 2.75) is 90.1 Å². The molecule has 2 fully saturated rings. The molecule has 0 radical (unpaired) electrons. The van der Waals surface area contributed by atoms with Crippen LogP contribution in [0.2, 0.25) is 5.02 Å². The van der Waals surface area contributed by atoms with Crippen LogP contribution in [0.15, 0.2) is 77.0 Å². The summed E-state index contributed by atoms with van der Waals surface area (Å²) in [6.07, 6.45) is 14.5. The van der Waals surface area contributed by atoms with Crippen molar-refractivity contribution in [3.8, 4) is 0 Å². The molecule has 2 aliphatic rings. The van der Waals surface area contributed by atoms with Gasteiger partial charge < -0.3 is 14.6 Å². The molecule has 244 valence electrons. The molecule has 2 aromatic carbocycles. The van der Waals surface area contributed by atoms with Gasteiger partial charge in [-0.05, 0) is 104 Å². The monoisotopic (exact) mass is 641 g/mol. The van der Waals surface area contributed by atoms with Crippen molar-refractivity contribution in [3.05, 3.63) is 99.9 Å². The lowest BCUT2D eigenvalue weighted by molar-refractivity contribution is 0.0105. The fraction of sp³-hybridized carbons (Fsp3) is 0.500. The quantitative estimate of drug-likeness (QED) is 0.169. The summed E-state index contributed by atoms with van der Waals surface area (Å²) in [4.78, 5) is 20.0. The largest absolute Gasteiger partial charge is 0.454 e. The van der Waals surface area contributed by atoms with Crippen molar-refractivity contribution >= 4 is 28.3 Å². The SMILES string of the molecule is C=C(N[C@H](CCN1CCC(Cn2cncn2)(C2CCCCC2)CC1)Cc1ccc(Cl)cc1)c1cc(=O)c2cc(C(C)C)ccc2o1. The Hall–Kier alpha value is -3.42. The van der Waals surface area contributed by atoms with Crippen LogP contribution in [0.25, 0.3) is 16.7 Å². The van der Waals surface area contributed by atoms with Gasteiger partial charge in [0.05, 0.1) is 11.1 Å². The summed E-state index contributed by atoms with van der Waals surface area (Å²) < 4.78 is 8.29. The number of nitrogens with zero attached hydrogens (tertiary/aromatic N) is 4. The first-order valence-electron chi connectivity index (χ1n) is 17.1. The van der Waals surface area contributed by atoms with Crippen molar-refractivity contribution in [3.63, 3.8) is 0 Å². The zero-order chi connectivity index (χ0) is 32.1. The van der Waals surface area contributed by atoms with E-state index in [1.165, 1.54) is 50.5 Å². The summed E-state index contributed by atoms with van der Waals surface area (Å²) in [7, 11) is 0. The molecule has 0 bridgehead atoms. The standard InChI is InChI=1S/C38H48ClN5O2/c1-27(2)30-11-14-36-34(22-30)35(45)23-37(46-36)28(3)42-33(21-29-9-12-32(39)13-10-29)15-18-43-19-16-38(17-20-43,24-44-26-40-25-41-44)31-7-5-4-6-8-31/h9-14,22-23,25-27,31,33,42H,3-8,15-21,24H2,1-2H3/t33-/m1/s1. The molecule has 2 aromatic heterocycles. The van der Waals surface area contributed by atoms with Gasteiger partial charge in [-0.25, -0.2) is 4.98 Å². The third-order valence-electron chi connectivity index (χ3n) is 10.5. The summed E-state index contributed by atoms with van der Waals surface area (Å²) >= 11 is 6.20. The fourth-order valence-corrected chi connectivity index (χ4v) is 7.86. The van der Waals surface area contributed by atoms with Gasteiger partial charge in [0.15, 0.2) is 11.2 Å². The van der Waals surface area contributed by atoms with Gasteiger partial charge in [0, 0.05) is 30.2 Å². The lowest BCUT2D eigenvalue weighted by atomic mass is 9.63. The lowest BCUT2D eigenvalue weighted by Crippen LogP contribution is -2.47. The van der Waals surface area contributed by atoms with E-state index >= 15 is 0 Å². The van der Waals surface area contributed by atoms with E-state index < -0.39 is 0 Å². The van der Waals surface area contributed by atoms with Gasteiger partial charge in [-0.1, -0.05) is 69.5 Å². The number of benzene rings is 2. The van der Waals surface area contributed by atoms with Crippen molar-refractivity contribution in [2.24, 2.45) is 11.3 Å². The summed E-state index contributed by atoms with van der Waals surface area (Å²) in [5, 5.41) is 9.49. The number of aromatic nitrogens is 3. The maximum absolute atomic E-state index is 13.1. The molecule has 1 atom stereocenters. The second-order valence-electron chi connectivity index (χ2n) is 14.0. The van der Waals surface area contributed by atoms with E-state index in [1.54, 1.807) is 12.4 Å². The van der Waals surface area contributed by atoms with Crippen molar-refractivity contribution in [1.82, 2.24) is 25.0 Å². The second-order valence-corrected chi connectivity index (χ2v) is 14.4. The van der Waals surface area contributed by atoms with Crippen LogP contribution >= 0.6 is 11.6 Å². The molecule has 1 saturated heterocycles. The molecule has 3 heterocycles. The molecular weight excluding hydrogens is 594 g/mol.